The quantitative estimate of drug-likeness (QED) is 0.590. The smallest absolute Gasteiger partial charge is 0.409 e. The van der Waals surface area contributed by atoms with Crippen molar-refractivity contribution in [3.63, 3.8) is 0 Å². The Morgan fingerprint density at radius 3 is 2.47 bits per heavy atom. The number of carbonyl (C=O) groups excluding carboxylic acids is 2. The number of halogens is 1. The van der Waals surface area contributed by atoms with Crippen molar-refractivity contribution in [3.8, 4) is 5.69 Å². The minimum absolute atomic E-state index is 0.0156. The topological polar surface area (TPSA) is 83.8 Å². The highest BCUT2D eigenvalue weighted by Gasteiger charge is 2.26. The summed E-state index contributed by atoms with van der Waals surface area (Å²) < 4.78 is 7.02. The summed E-state index contributed by atoms with van der Waals surface area (Å²) in [6.07, 6.45) is 1.93. The molecule has 2 aliphatic heterocycles. The lowest BCUT2D eigenvalue weighted by Gasteiger charge is -2.34. The summed E-state index contributed by atoms with van der Waals surface area (Å²) >= 11 is 7.60. The fourth-order valence-corrected chi connectivity index (χ4v) is 4.92. The predicted octanol–water partition coefficient (Wildman–Crippen LogP) is 2.91. The second-order valence-electron chi connectivity index (χ2n) is 7.65. The molecular formula is C21H27ClN6O3S. The lowest BCUT2D eigenvalue weighted by Crippen LogP contribution is -2.51. The number of nitrogens with zero attached hydrogens (tertiary/aromatic N) is 6. The molecule has 2 saturated heterocycles. The third kappa shape index (κ3) is 5.12. The number of anilines is 1. The average Bonchev–Trinajstić information content (AvgIpc) is 3.47. The molecule has 0 spiro atoms. The molecule has 2 aliphatic rings. The highest BCUT2D eigenvalue weighted by Crippen LogP contribution is 2.29. The molecule has 3 heterocycles. The van der Waals surface area contributed by atoms with Crippen LogP contribution in [0.25, 0.3) is 5.69 Å². The molecule has 0 saturated carbocycles. The number of carbonyl (C=O) groups is 2. The van der Waals surface area contributed by atoms with Gasteiger partial charge in [-0.25, -0.2) is 4.79 Å². The van der Waals surface area contributed by atoms with Crippen LogP contribution in [-0.2, 0) is 9.53 Å². The highest BCUT2D eigenvalue weighted by atomic mass is 35.5. The van der Waals surface area contributed by atoms with Gasteiger partial charge in [0, 0.05) is 44.3 Å². The van der Waals surface area contributed by atoms with E-state index in [1.165, 1.54) is 11.8 Å². The summed E-state index contributed by atoms with van der Waals surface area (Å²) in [5.74, 6) is 1.04. The Kier molecular flexibility index (Phi) is 7.41. The zero-order chi connectivity index (χ0) is 22.5. The molecule has 11 heteroatoms. The van der Waals surface area contributed by atoms with E-state index in [4.69, 9.17) is 16.3 Å². The molecule has 2 amide bonds. The van der Waals surface area contributed by atoms with Crippen LogP contribution >= 0.6 is 23.4 Å². The van der Waals surface area contributed by atoms with E-state index in [1.807, 2.05) is 28.8 Å². The fourth-order valence-electron chi connectivity index (χ4n) is 3.89. The van der Waals surface area contributed by atoms with Gasteiger partial charge in [-0.15, -0.1) is 10.2 Å². The Hall–Kier alpha value is -2.46. The molecule has 0 unspecified atom stereocenters. The first-order chi connectivity index (χ1) is 15.6. The summed E-state index contributed by atoms with van der Waals surface area (Å²) in [4.78, 5) is 30.3. The molecule has 1 aromatic heterocycles. The number of hydrogen-bond donors (Lipinski definition) is 0. The second kappa shape index (κ2) is 10.4. The number of ether oxygens (including phenoxy) is 1. The first-order valence-corrected chi connectivity index (χ1v) is 12.2. The first kappa shape index (κ1) is 22.7. The number of amides is 2. The second-order valence-corrected chi connectivity index (χ2v) is 9.03. The van der Waals surface area contributed by atoms with Crippen LogP contribution in [0.1, 0.15) is 19.8 Å². The SMILES string of the molecule is CCOC(=O)N1CCN(C(=O)CSc2nnc(N3CCCC3)n2-c2cccc(Cl)c2)CC1. The summed E-state index contributed by atoms with van der Waals surface area (Å²) in [6, 6.07) is 7.57. The molecule has 0 aliphatic carbocycles. The van der Waals surface area contributed by atoms with E-state index in [9.17, 15) is 9.59 Å². The first-order valence-electron chi connectivity index (χ1n) is 10.9. The largest absolute Gasteiger partial charge is 0.450 e. The molecule has 2 aromatic rings. The van der Waals surface area contributed by atoms with Crippen LogP contribution < -0.4 is 4.90 Å². The van der Waals surface area contributed by atoms with Gasteiger partial charge >= 0.3 is 6.09 Å². The van der Waals surface area contributed by atoms with Gasteiger partial charge in [0.25, 0.3) is 0 Å². The lowest BCUT2D eigenvalue weighted by molar-refractivity contribution is -0.129. The molecule has 4 rings (SSSR count). The Bertz CT molecular complexity index is 957. The van der Waals surface area contributed by atoms with Gasteiger partial charge in [-0.1, -0.05) is 29.4 Å². The molecule has 172 valence electrons. The minimum Gasteiger partial charge on any atom is -0.450 e. The van der Waals surface area contributed by atoms with Crippen LogP contribution in [-0.4, -0.2) is 88.2 Å². The Morgan fingerprint density at radius 2 is 1.78 bits per heavy atom. The van der Waals surface area contributed by atoms with E-state index in [0.29, 0.717) is 43.0 Å². The maximum atomic E-state index is 12.8. The van der Waals surface area contributed by atoms with E-state index in [0.717, 1.165) is 37.6 Å². The molecule has 1 aromatic carbocycles. The van der Waals surface area contributed by atoms with Crippen LogP contribution in [0.5, 0.6) is 0 Å². The van der Waals surface area contributed by atoms with Crippen molar-refractivity contribution in [2.75, 3.05) is 56.5 Å². The summed E-state index contributed by atoms with van der Waals surface area (Å²) in [5.41, 5.74) is 0.877. The van der Waals surface area contributed by atoms with Crippen LogP contribution in [0.2, 0.25) is 5.02 Å². The van der Waals surface area contributed by atoms with Gasteiger partial charge in [-0.05, 0) is 38.0 Å². The molecule has 32 heavy (non-hydrogen) atoms. The molecule has 0 radical (unpaired) electrons. The summed E-state index contributed by atoms with van der Waals surface area (Å²) in [6.45, 7) is 5.96. The van der Waals surface area contributed by atoms with Crippen molar-refractivity contribution in [1.82, 2.24) is 24.6 Å². The molecule has 0 N–H and O–H groups in total. The monoisotopic (exact) mass is 478 g/mol. The van der Waals surface area contributed by atoms with Crippen molar-refractivity contribution < 1.29 is 14.3 Å². The van der Waals surface area contributed by atoms with Gasteiger partial charge in [0.15, 0.2) is 5.16 Å². The Morgan fingerprint density at radius 1 is 1.06 bits per heavy atom. The van der Waals surface area contributed by atoms with E-state index in [1.54, 1.807) is 16.7 Å². The number of benzene rings is 1. The molecule has 0 atom stereocenters. The Balaban J connectivity index is 1.43. The highest BCUT2D eigenvalue weighted by molar-refractivity contribution is 7.99. The Labute approximate surface area is 196 Å². The van der Waals surface area contributed by atoms with E-state index >= 15 is 0 Å². The number of hydrogen-bond acceptors (Lipinski definition) is 7. The third-order valence-electron chi connectivity index (χ3n) is 5.55. The predicted molar refractivity (Wildman–Crippen MR) is 124 cm³/mol. The maximum Gasteiger partial charge on any atom is 0.409 e. The zero-order valence-corrected chi connectivity index (χ0v) is 19.6. The van der Waals surface area contributed by atoms with Gasteiger partial charge in [0.2, 0.25) is 11.9 Å². The van der Waals surface area contributed by atoms with Crippen LogP contribution in [0.3, 0.4) is 0 Å². The zero-order valence-electron chi connectivity index (χ0n) is 18.1. The third-order valence-corrected chi connectivity index (χ3v) is 6.70. The standard InChI is InChI=1S/C21H27ClN6O3S/c1-2-31-21(30)27-12-10-25(11-13-27)18(29)15-32-20-24-23-19(26-8-3-4-9-26)28(20)17-7-5-6-16(22)14-17/h5-7,14H,2-4,8-13,15H2,1H3. The molecule has 0 bridgehead atoms. The molecule has 2 fully saturated rings. The maximum absolute atomic E-state index is 12.8. The number of aromatic nitrogens is 3. The van der Waals surface area contributed by atoms with Crippen molar-refractivity contribution in [3.05, 3.63) is 29.3 Å². The van der Waals surface area contributed by atoms with Gasteiger partial charge < -0.3 is 19.4 Å². The van der Waals surface area contributed by atoms with Crippen LogP contribution in [0.15, 0.2) is 29.4 Å². The summed E-state index contributed by atoms with van der Waals surface area (Å²) in [5, 5.41) is 10.1. The van der Waals surface area contributed by atoms with E-state index < -0.39 is 0 Å². The van der Waals surface area contributed by atoms with E-state index in [-0.39, 0.29) is 17.8 Å². The van der Waals surface area contributed by atoms with Gasteiger partial charge in [0.1, 0.15) is 0 Å². The molecule has 9 nitrogen and oxygen atoms in total. The van der Waals surface area contributed by atoms with Gasteiger partial charge in [0.05, 0.1) is 18.0 Å². The van der Waals surface area contributed by atoms with Crippen molar-refractivity contribution in [1.29, 1.82) is 0 Å². The summed E-state index contributed by atoms with van der Waals surface area (Å²) in [7, 11) is 0. The van der Waals surface area contributed by atoms with Crippen LogP contribution in [0, 0.1) is 0 Å². The van der Waals surface area contributed by atoms with Crippen molar-refractivity contribution in [2.45, 2.75) is 24.9 Å². The van der Waals surface area contributed by atoms with Gasteiger partial charge in [-0.3, -0.25) is 9.36 Å². The molecular weight excluding hydrogens is 452 g/mol. The minimum atomic E-state index is -0.321. The average molecular weight is 479 g/mol. The lowest BCUT2D eigenvalue weighted by atomic mass is 10.3. The van der Waals surface area contributed by atoms with E-state index in [2.05, 4.69) is 15.1 Å². The van der Waals surface area contributed by atoms with Crippen LogP contribution in [0.4, 0.5) is 10.7 Å². The van der Waals surface area contributed by atoms with Gasteiger partial charge in [-0.2, -0.15) is 0 Å². The fraction of sp³-hybridized carbons (Fsp3) is 0.524. The normalized spacial score (nSPS) is 16.5. The van der Waals surface area contributed by atoms with Crippen molar-refractivity contribution in [2.24, 2.45) is 0 Å². The number of rotatable bonds is 6. The number of piperazine rings is 1. The van der Waals surface area contributed by atoms with Crippen molar-refractivity contribution >= 4 is 41.3 Å². The number of thioether (sulfide) groups is 1.